The van der Waals surface area contributed by atoms with Crippen molar-refractivity contribution >= 4 is 5.97 Å². The summed E-state index contributed by atoms with van der Waals surface area (Å²) in [5.41, 5.74) is 0. The third-order valence-corrected chi connectivity index (χ3v) is 6.16. The fourth-order valence-electron chi connectivity index (χ4n) is 4.04. The number of hydrogen-bond acceptors (Lipinski definition) is 4. The van der Waals surface area contributed by atoms with E-state index in [1.165, 1.54) is 25.7 Å². The zero-order valence-corrected chi connectivity index (χ0v) is 19.7. The van der Waals surface area contributed by atoms with Gasteiger partial charge >= 0.3 is 5.97 Å². The Balaban J connectivity index is 3.86. The molecule has 0 amide bonds. The normalized spacial score (nSPS) is 15.6. The third-order valence-electron chi connectivity index (χ3n) is 6.16. The number of carboxylic acid groups (broad SMARTS) is 1. The molecule has 0 aliphatic heterocycles. The molecule has 0 fully saturated rings. The predicted octanol–water partition coefficient (Wildman–Crippen LogP) is 5.83. The number of carbonyl (C=O) groups is 1. The van der Waals surface area contributed by atoms with Crippen LogP contribution >= 0.6 is 0 Å². The zero-order valence-electron chi connectivity index (χ0n) is 19.7. The lowest BCUT2D eigenvalue weighted by Gasteiger charge is -2.20. The van der Waals surface area contributed by atoms with Gasteiger partial charge in [0.2, 0.25) is 0 Å². The first-order valence-corrected chi connectivity index (χ1v) is 12.7. The highest BCUT2D eigenvalue weighted by atomic mass is 16.4. The van der Waals surface area contributed by atoms with E-state index in [0.717, 1.165) is 70.6 Å². The number of carboxylic acids is 1. The van der Waals surface area contributed by atoms with Crippen molar-refractivity contribution < 1.29 is 25.2 Å². The Hall–Kier alpha value is -0.650. The van der Waals surface area contributed by atoms with Gasteiger partial charge in [-0.15, -0.1) is 0 Å². The third kappa shape index (κ3) is 17.1. The fourth-order valence-corrected chi connectivity index (χ4v) is 4.04. The standard InChI is InChI=1S/C25H50O5/c1-3-5-7-8-12-16-21(26)17-13-9-10-14-18-23(25(29)30)24(28)20-19-22(27)15-11-6-4-2/h21-24,26-28H,3-20H2,1-2H3,(H,29,30). The minimum absolute atomic E-state index is 0.205. The van der Waals surface area contributed by atoms with E-state index in [4.69, 9.17) is 0 Å². The number of rotatable bonds is 22. The zero-order chi connectivity index (χ0) is 22.6. The lowest BCUT2D eigenvalue weighted by Crippen LogP contribution is -2.29. The molecule has 0 aromatic carbocycles. The lowest BCUT2D eigenvalue weighted by molar-refractivity contribution is -0.146. The van der Waals surface area contributed by atoms with Crippen LogP contribution in [0.4, 0.5) is 0 Å². The Morgan fingerprint density at radius 3 is 1.47 bits per heavy atom. The molecule has 0 aliphatic carbocycles. The van der Waals surface area contributed by atoms with Gasteiger partial charge in [-0.1, -0.05) is 90.9 Å². The molecule has 0 bridgehead atoms. The molecular weight excluding hydrogens is 380 g/mol. The molecule has 180 valence electrons. The van der Waals surface area contributed by atoms with Gasteiger partial charge in [0.15, 0.2) is 0 Å². The van der Waals surface area contributed by atoms with Crippen LogP contribution in [0.15, 0.2) is 0 Å². The second kappa shape index (κ2) is 20.3. The van der Waals surface area contributed by atoms with E-state index < -0.39 is 24.1 Å². The van der Waals surface area contributed by atoms with Crippen LogP contribution in [0.1, 0.15) is 129 Å². The first kappa shape index (κ1) is 29.4. The number of aliphatic hydroxyl groups excluding tert-OH is 3. The van der Waals surface area contributed by atoms with Crippen LogP contribution < -0.4 is 0 Å². The van der Waals surface area contributed by atoms with Gasteiger partial charge in [-0.25, -0.2) is 0 Å². The Morgan fingerprint density at radius 2 is 0.967 bits per heavy atom. The highest BCUT2D eigenvalue weighted by Gasteiger charge is 2.26. The molecule has 5 heteroatoms. The fraction of sp³-hybridized carbons (Fsp3) is 0.960. The van der Waals surface area contributed by atoms with Crippen LogP contribution in [0.25, 0.3) is 0 Å². The summed E-state index contributed by atoms with van der Waals surface area (Å²) in [6, 6.07) is 0. The SMILES string of the molecule is CCCCCCCC(O)CCCCCCC(C(=O)O)C(O)CCC(O)CCCCC. The van der Waals surface area contributed by atoms with E-state index >= 15 is 0 Å². The van der Waals surface area contributed by atoms with Crippen LogP contribution in [0.3, 0.4) is 0 Å². The average molecular weight is 431 g/mol. The molecule has 0 saturated heterocycles. The number of aliphatic carboxylic acids is 1. The maximum atomic E-state index is 11.5. The summed E-state index contributed by atoms with van der Waals surface area (Å²) in [7, 11) is 0. The van der Waals surface area contributed by atoms with Gasteiger partial charge in [0.05, 0.1) is 24.2 Å². The summed E-state index contributed by atoms with van der Waals surface area (Å²) in [4.78, 5) is 11.5. The van der Waals surface area contributed by atoms with E-state index in [0.29, 0.717) is 19.3 Å². The Labute approximate surface area is 185 Å². The van der Waals surface area contributed by atoms with Crippen LogP contribution in [-0.2, 0) is 4.79 Å². The topological polar surface area (TPSA) is 98.0 Å². The van der Waals surface area contributed by atoms with Gasteiger partial charge in [-0.05, 0) is 38.5 Å². The van der Waals surface area contributed by atoms with Gasteiger partial charge in [-0.3, -0.25) is 4.79 Å². The van der Waals surface area contributed by atoms with Gasteiger partial charge in [0.25, 0.3) is 0 Å². The second-order valence-electron chi connectivity index (χ2n) is 9.09. The lowest BCUT2D eigenvalue weighted by atomic mass is 9.91. The van der Waals surface area contributed by atoms with Crippen molar-refractivity contribution in [1.82, 2.24) is 0 Å². The highest BCUT2D eigenvalue weighted by Crippen LogP contribution is 2.21. The van der Waals surface area contributed by atoms with Crippen molar-refractivity contribution in [3.63, 3.8) is 0 Å². The van der Waals surface area contributed by atoms with Crippen molar-refractivity contribution in [2.75, 3.05) is 0 Å². The van der Waals surface area contributed by atoms with E-state index in [2.05, 4.69) is 13.8 Å². The van der Waals surface area contributed by atoms with Crippen molar-refractivity contribution in [3.05, 3.63) is 0 Å². The maximum absolute atomic E-state index is 11.5. The van der Waals surface area contributed by atoms with Crippen molar-refractivity contribution in [2.24, 2.45) is 5.92 Å². The van der Waals surface area contributed by atoms with Crippen LogP contribution in [0.5, 0.6) is 0 Å². The second-order valence-corrected chi connectivity index (χ2v) is 9.09. The summed E-state index contributed by atoms with van der Waals surface area (Å²) in [5, 5.41) is 39.7. The molecule has 0 spiro atoms. The smallest absolute Gasteiger partial charge is 0.309 e. The Bertz CT molecular complexity index is 388. The average Bonchev–Trinajstić information content (AvgIpc) is 2.71. The molecule has 4 unspecified atom stereocenters. The largest absolute Gasteiger partial charge is 0.481 e. The maximum Gasteiger partial charge on any atom is 0.309 e. The molecule has 5 nitrogen and oxygen atoms in total. The molecule has 0 heterocycles. The molecule has 4 atom stereocenters. The summed E-state index contributed by atoms with van der Waals surface area (Å²) in [5.74, 6) is -1.69. The molecule has 4 N–H and O–H groups in total. The molecule has 0 radical (unpaired) electrons. The summed E-state index contributed by atoms with van der Waals surface area (Å²) in [6.07, 6.45) is 15.1. The van der Waals surface area contributed by atoms with E-state index in [1.807, 2.05) is 0 Å². The minimum atomic E-state index is -0.943. The first-order chi connectivity index (χ1) is 14.4. The van der Waals surface area contributed by atoms with Gasteiger partial charge in [0, 0.05) is 0 Å². The number of unbranched alkanes of at least 4 members (excludes halogenated alkanes) is 9. The van der Waals surface area contributed by atoms with Crippen molar-refractivity contribution in [3.8, 4) is 0 Å². The molecule has 0 aliphatic rings. The van der Waals surface area contributed by atoms with E-state index in [-0.39, 0.29) is 6.10 Å². The molecular formula is C25H50O5. The molecule has 0 aromatic rings. The van der Waals surface area contributed by atoms with Crippen LogP contribution in [0.2, 0.25) is 0 Å². The minimum Gasteiger partial charge on any atom is -0.481 e. The Morgan fingerprint density at radius 1 is 0.567 bits per heavy atom. The highest BCUT2D eigenvalue weighted by molar-refractivity contribution is 5.70. The van der Waals surface area contributed by atoms with Crippen LogP contribution in [-0.4, -0.2) is 44.7 Å². The quantitative estimate of drug-likeness (QED) is 0.162. The number of hydrogen-bond donors (Lipinski definition) is 4. The molecule has 30 heavy (non-hydrogen) atoms. The summed E-state index contributed by atoms with van der Waals surface area (Å²) >= 11 is 0. The van der Waals surface area contributed by atoms with E-state index in [1.54, 1.807) is 0 Å². The monoisotopic (exact) mass is 430 g/mol. The van der Waals surface area contributed by atoms with Gasteiger partial charge < -0.3 is 20.4 Å². The number of aliphatic hydroxyl groups is 3. The van der Waals surface area contributed by atoms with E-state index in [9.17, 15) is 25.2 Å². The first-order valence-electron chi connectivity index (χ1n) is 12.7. The van der Waals surface area contributed by atoms with Crippen LogP contribution in [0, 0.1) is 5.92 Å². The Kier molecular flexibility index (Phi) is 19.8. The summed E-state index contributed by atoms with van der Waals surface area (Å²) < 4.78 is 0. The molecule has 0 rings (SSSR count). The predicted molar refractivity (Wildman–Crippen MR) is 124 cm³/mol. The van der Waals surface area contributed by atoms with Gasteiger partial charge in [0.1, 0.15) is 0 Å². The molecule has 0 saturated carbocycles. The summed E-state index contributed by atoms with van der Waals surface area (Å²) in [6.45, 7) is 4.32. The van der Waals surface area contributed by atoms with Crippen molar-refractivity contribution in [1.29, 1.82) is 0 Å². The van der Waals surface area contributed by atoms with Crippen molar-refractivity contribution in [2.45, 2.75) is 148 Å². The molecule has 0 aromatic heterocycles. The van der Waals surface area contributed by atoms with Gasteiger partial charge in [-0.2, -0.15) is 0 Å².